The lowest BCUT2D eigenvalue weighted by atomic mass is 10.2. The molecule has 0 aliphatic carbocycles. The lowest BCUT2D eigenvalue weighted by Gasteiger charge is -2.10. The van der Waals surface area contributed by atoms with Gasteiger partial charge in [-0.3, -0.25) is 4.79 Å². The molecule has 0 saturated heterocycles. The van der Waals surface area contributed by atoms with Gasteiger partial charge < -0.3 is 20.5 Å². The van der Waals surface area contributed by atoms with Gasteiger partial charge in [-0.25, -0.2) is 0 Å². The van der Waals surface area contributed by atoms with E-state index in [4.69, 9.17) is 21.4 Å². The Hall–Kier alpha value is -1.30. The van der Waals surface area contributed by atoms with Gasteiger partial charge in [-0.15, -0.1) is 0 Å². The highest BCUT2D eigenvalue weighted by Gasteiger charge is 2.11. The van der Waals surface area contributed by atoms with Gasteiger partial charge in [0.05, 0.1) is 18.8 Å². The number of hydrogen-bond acceptors (Lipinski definition) is 4. The quantitative estimate of drug-likeness (QED) is 0.655. The fourth-order valence-electron chi connectivity index (χ4n) is 1.52. The van der Waals surface area contributed by atoms with Crippen molar-refractivity contribution in [2.45, 2.75) is 13.0 Å². The van der Waals surface area contributed by atoms with E-state index in [1.165, 1.54) is 7.11 Å². The zero-order chi connectivity index (χ0) is 14.3. The summed E-state index contributed by atoms with van der Waals surface area (Å²) >= 11 is 5.83. The van der Waals surface area contributed by atoms with Crippen molar-refractivity contribution >= 4 is 17.5 Å². The second kappa shape index (κ2) is 7.99. The number of carbonyl (C=O) groups is 1. The summed E-state index contributed by atoms with van der Waals surface area (Å²) in [6, 6.07) is 4.87. The number of rotatable bonds is 7. The van der Waals surface area contributed by atoms with Crippen LogP contribution < -0.4 is 15.4 Å². The Labute approximate surface area is 117 Å². The molecule has 1 aromatic carbocycles. The highest BCUT2D eigenvalue weighted by atomic mass is 35.5. The minimum atomic E-state index is -0.396. The SMILES string of the molecule is COc1cc(Cl)ccc1C(=O)NCCNCC(C)O. The molecule has 0 heterocycles. The molecule has 1 rings (SSSR count). The predicted octanol–water partition coefficient (Wildman–Crippen LogP) is 1.05. The molecule has 1 unspecified atom stereocenters. The number of carbonyl (C=O) groups excluding carboxylic acids is 1. The number of hydrogen-bond donors (Lipinski definition) is 3. The molecule has 1 amide bonds. The largest absolute Gasteiger partial charge is 0.496 e. The number of benzene rings is 1. The van der Waals surface area contributed by atoms with Crippen molar-refractivity contribution in [2.75, 3.05) is 26.7 Å². The summed E-state index contributed by atoms with van der Waals surface area (Å²) < 4.78 is 5.11. The second-order valence-corrected chi connectivity index (χ2v) is 4.59. The van der Waals surface area contributed by atoms with Crippen LogP contribution in [0.1, 0.15) is 17.3 Å². The maximum absolute atomic E-state index is 11.9. The summed E-state index contributed by atoms with van der Waals surface area (Å²) in [6.45, 7) is 3.26. The molecular weight excluding hydrogens is 268 g/mol. The summed E-state index contributed by atoms with van der Waals surface area (Å²) in [7, 11) is 1.49. The third-order valence-corrected chi connectivity index (χ3v) is 2.67. The summed E-state index contributed by atoms with van der Waals surface area (Å²) in [6.07, 6.45) is -0.396. The molecule has 19 heavy (non-hydrogen) atoms. The number of nitrogens with one attached hydrogen (secondary N) is 2. The predicted molar refractivity (Wildman–Crippen MR) is 74.9 cm³/mol. The molecule has 0 bridgehead atoms. The lowest BCUT2D eigenvalue weighted by molar-refractivity contribution is 0.0950. The molecule has 0 saturated carbocycles. The molecule has 5 nitrogen and oxygen atoms in total. The number of methoxy groups -OCH3 is 1. The molecule has 0 aliphatic heterocycles. The van der Waals surface area contributed by atoms with Crippen LogP contribution in [0, 0.1) is 0 Å². The first-order chi connectivity index (χ1) is 9.04. The van der Waals surface area contributed by atoms with Gasteiger partial charge in [-0.1, -0.05) is 11.6 Å². The normalized spacial score (nSPS) is 12.0. The van der Waals surface area contributed by atoms with Crippen LogP contribution in [0.3, 0.4) is 0 Å². The monoisotopic (exact) mass is 286 g/mol. The van der Waals surface area contributed by atoms with Gasteiger partial charge in [-0.2, -0.15) is 0 Å². The third-order valence-electron chi connectivity index (χ3n) is 2.44. The number of halogens is 1. The molecular formula is C13H19ClN2O3. The van der Waals surface area contributed by atoms with Crippen LogP contribution in [-0.4, -0.2) is 43.9 Å². The Bertz CT molecular complexity index is 424. The Morgan fingerprint density at radius 2 is 2.21 bits per heavy atom. The van der Waals surface area contributed by atoms with Gasteiger partial charge >= 0.3 is 0 Å². The minimum Gasteiger partial charge on any atom is -0.496 e. The molecule has 106 valence electrons. The van der Waals surface area contributed by atoms with E-state index in [0.29, 0.717) is 36.0 Å². The zero-order valence-corrected chi connectivity index (χ0v) is 11.8. The first-order valence-corrected chi connectivity index (χ1v) is 6.43. The van der Waals surface area contributed by atoms with Crippen molar-refractivity contribution in [2.24, 2.45) is 0 Å². The highest BCUT2D eigenvalue weighted by Crippen LogP contribution is 2.22. The van der Waals surface area contributed by atoms with Crippen LogP contribution >= 0.6 is 11.6 Å². The summed E-state index contributed by atoms with van der Waals surface area (Å²) in [5.74, 6) is 0.231. The summed E-state index contributed by atoms with van der Waals surface area (Å²) in [4.78, 5) is 11.9. The lowest BCUT2D eigenvalue weighted by Crippen LogP contribution is -2.34. The fraction of sp³-hybridized carbons (Fsp3) is 0.462. The Kier molecular flexibility index (Phi) is 6.62. The first kappa shape index (κ1) is 15.8. The standard InChI is InChI=1S/C13H19ClN2O3/c1-9(17)8-15-5-6-16-13(18)11-4-3-10(14)7-12(11)19-2/h3-4,7,9,15,17H,5-6,8H2,1-2H3,(H,16,18). The number of aliphatic hydroxyl groups is 1. The summed E-state index contributed by atoms with van der Waals surface area (Å²) in [5.41, 5.74) is 0.447. The molecule has 6 heteroatoms. The van der Waals surface area contributed by atoms with Gasteiger partial charge in [0, 0.05) is 24.7 Å². The minimum absolute atomic E-state index is 0.215. The average Bonchev–Trinajstić information content (AvgIpc) is 2.37. The van der Waals surface area contributed by atoms with Crippen molar-refractivity contribution in [3.05, 3.63) is 28.8 Å². The van der Waals surface area contributed by atoms with Gasteiger partial charge in [0.1, 0.15) is 5.75 Å². The van der Waals surface area contributed by atoms with Crippen molar-refractivity contribution in [1.82, 2.24) is 10.6 Å². The number of aliphatic hydroxyl groups excluding tert-OH is 1. The molecule has 0 spiro atoms. The summed E-state index contributed by atoms with van der Waals surface area (Å²) in [5, 5.41) is 15.3. The molecule has 0 aromatic heterocycles. The number of amides is 1. The van der Waals surface area contributed by atoms with Gasteiger partial charge in [0.2, 0.25) is 0 Å². The van der Waals surface area contributed by atoms with Gasteiger partial charge in [0.25, 0.3) is 5.91 Å². The van der Waals surface area contributed by atoms with E-state index < -0.39 is 6.10 Å². The highest BCUT2D eigenvalue weighted by molar-refractivity contribution is 6.30. The van der Waals surface area contributed by atoms with Crippen LogP contribution in [0.25, 0.3) is 0 Å². The van der Waals surface area contributed by atoms with E-state index in [1.54, 1.807) is 25.1 Å². The van der Waals surface area contributed by atoms with Crippen LogP contribution in [0.5, 0.6) is 5.75 Å². The maximum atomic E-state index is 11.9. The van der Waals surface area contributed by atoms with Crippen molar-refractivity contribution in [3.63, 3.8) is 0 Å². The van der Waals surface area contributed by atoms with E-state index in [-0.39, 0.29) is 5.91 Å². The Morgan fingerprint density at radius 1 is 1.47 bits per heavy atom. The zero-order valence-electron chi connectivity index (χ0n) is 11.1. The molecule has 1 aromatic rings. The number of ether oxygens (including phenoxy) is 1. The van der Waals surface area contributed by atoms with Crippen molar-refractivity contribution in [1.29, 1.82) is 0 Å². The Balaban J connectivity index is 2.45. The van der Waals surface area contributed by atoms with Crippen LogP contribution in [-0.2, 0) is 0 Å². The second-order valence-electron chi connectivity index (χ2n) is 4.15. The van der Waals surface area contributed by atoms with Crippen molar-refractivity contribution < 1.29 is 14.6 Å². The smallest absolute Gasteiger partial charge is 0.255 e. The molecule has 0 aliphatic rings. The molecule has 1 atom stereocenters. The fourth-order valence-corrected chi connectivity index (χ4v) is 1.69. The Morgan fingerprint density at radius 3 is 2.84 bits per heavy atom. The van der Waals surface area contributed by atoms with Crippen LogP contribution in [0.15, 0.2) is 18.2 Å². The van der Waals surface area contributed by atoms with Gasteiger partial charge in [0.15, 0.2) is 0 Å². The molecule has 0 radical (unpaired) electrons. The van der Waals surface area contributed by atoms with E-state index in [9.17, 15) is 4.79 Å². The topological polar surface area (TPSA) is 70.6 Å². The van der Waals surface area contributed by atoms with Gasteiger partial charge in [-0.05, 0) is 25.1 Å². The van der Waals surface area contributed by atoms with Crippen molar-refractivity contribution in [3.8, 4) is 5.75 Å². The maximum Gasteiger partial charge on any atom is 0.255 e. The first-order valence-electron chi connectivity index (χ1n) is 6.05. The molecule has 0 fully saturated rings. The van der Waals surface area contributed by atoms with E-state index in [2.05, 4.69) is 10.6 Å². The van der Waals surface area contributed by atoms with E-state index in [0.717, 1.165) is 0 Å². The third kappa shape index (κ3) is 5.46. The molecule has 3 N–H and O–H groups in total. The van der Waals surface area contributed by atoms with E-state index >= 15 is 0 Å². The van der Waals surface area contributed by atoms with Crippen LogP contribution in [0.4, 0.5) is 0 Å². The average molecular weight is 287 g/mol. The van der Waals surface area contributed by atoms with Crippen LogP contribution in [0.2, 0.25) is 5.02 Å². The van der Waals surface area contributed by atoms with E-state index in [1.807, 2.05) is 0 Å².